The molecule has 1 N–H and O–H groups in total. The molecule has 3 aromatic rings. The van der Waals surface area contributed by atoms with E-state index in [1.54, 1.807) is 10.6 Å². The van der Waals surface area contributed by atoms with Gasteiger partial charge in [0.1, 0.15) is 12.4 Å². The monoisotopic (exact) mass is 370 g/mol. The fourth-order valence-electron chi connectivity index (χ4n) is 2.65. The number of fused-ring (bicyclic) bond motifs is 1. The summed E-state index contributed by atoms with van der Waals surface area (Å²) >= 11 is 1.37. The average Bonchev–Trinajstić information content (AvgIpc) is 2.65. The maximum atomic E-state index is 12.6. The second-order valence-electron chi connectivity index (χ2n) is 6.05. The van der Waals surface area contributed by atoms with Gasteiger partial charge in [0, 0.05) is 12.3 Å². The molecule has 0 aliphatic rings. The van der Waals surface area contributed by atoms with E-state index in [4.69, 9.17) is 4.74 Å². The van der Waals surface area contributed by atoms with Gasteiger partial charge in [-0.3, -0.25) is 9.36 Å². The van der Waals surface area contributed by atoms with E-state index < -0.39 is 6.10 Å². The molecule has 0 unspecified atom stereocenters. The van der Waals surface area contributed by atoms with Gasteiger partial charge in [-0.1, -0.05) is 36.0 Å². The molecule has 0 saturated carbocycles. The lowest BCUT2D eigenvalue weighted by atomic mass is 10.2. The van der Waals surface area contributed by atoms with E-state index in [1.165, 1.54) is 11.8 Å². The predicted molar refractivity (Wildman–Crippen MR) is 105 cm³/mol. The van der Waals surface area contributed by atoms with E-state index in [2.05, 4.69) is 4.98 Å². The molecule has 0 bridgehead atoms. The van der Waals surface area contributed by atoms with Crippen LogP contribution >= 0.6 is 11.8 Å². The molecule has 0 radical (unpaired) electrons. The molecule has 1 heterocycles. The average molecular weight is 370 g/mol. The van der Waals surface area contributed by atoms with Gasteiger partial charge >= 0.3 is 0 Å². The number of hydrogen-bond donors (Lipinski definition) is 1. The molecule has 2 aromatic carbocycles. The predicted octanol–water partition coefficient (Wildman–Crippen LogP) is 3.26. The van der Waals surface area contributed by atoms with Crippen molar-refractivity contribution in [2.24, 2.45) is 0 Å². The zero-order valence-corrected chi connectivity index (χ0v) is 15.7. The third-order valence-electron chi connectivity index (χ3n) is 3.98. The number of para-hydroxylation sites is 1. The third kappa shape index (κ3) is 4.26. The third-order valence-corrected chi connectivity index (χ3v) is 5.10. The quantitative estimate of drug-likeness (QED) is 0.511. The van der Waals surface area contributed by atoms with Gasteiger partial charge in [0.25, 0.3) is 5.56 Å². The van der Waals surface area contributed by atoms with Crippen molar-refractivity contribution in [3.63, 3.8) is 0 Å². The summed E-state index contributed by atoms with van der Waals surface area (Å²) in [6.45, 7) is 4.64. The number of aryl methyl sites for hydroxylation is 1. The minimum absolute atomic E-state index is 0.0499. The summed E-state index contributed by atoms with van der Waals surface area (Å²) in [5, 5.41) is 11.5. The minimum atomic E-state index is -0.658. The molecule has 5 nitrogen and oxygen atoms in total. The van der Waals surface area contributed by atoms with Gasteiger partial charge in [0.15, 0.2) is 5.16 Å². The van der Waals surface area contributed by atoms with Crippen molar-refractivity contribution in [3.8, 4) is 5.75 Å². The summed E-state index contributed by atoms with van der Waals surface area (Å²) in [5.41, 5.74) is 1.74. The Bertz CT molecular complexity index is 955. The first-order chi connectivity index (χ1) is 12.6. The van der Waals surface area contributed by atoms with Crippen LogP contribution in [0.25, 0.3) is 10.9 Å². The Balaban J connectivity index is 1.68. The number of aliphatic hydroxyl groups is 1. The number of aliphatic hydroxyl groups excluding tert-OH is 1. The van der Waals surface area contributed by atoms with Crippen LogP contribution in [0.2, 0.25) is 0 Å². The summed E-state index contributed by atoms with van der Waals surface area (Å²) in [7, 11) is 0. The highest BCUT2D eigenvalue weighted by atomic mass is 32.2. The number of hydrogen-bond acceptors (Lipinski definition) is 5. The van der Waals surface area contributed by atoms with E-state index >= 15 is 0 Å². The van der Waals surface area contributed by atoms with Crippen molar-refractivity contribution in [1.82, 2.24) is 9.55 Å². The van der Waals surface area contributed by atoms with Gasteiger partial charge in [-0.2, -0.15) is 0 Å². The Labute approximate surface area is 156 Å². The van der Waals surface area contributed by atoms with Gasteiger partial charge in [-0.15, -0.1) is 0 Å². The van der Waals surface area contributed by atoms with Crippen LogP contribution < -0.4 is 10.3 Å². The highest BCUT2D eigenvalue weighted by Crippen LogP contribution is 2.19. The van der Waals surface area contributed by atoms with Crippen molar-refractivity contribution in [3.05, 3.63) is 64.4 Å². The molecule has 0 fully saturated rings. The first kappa shape index (κ1) is 18.5. The summed E-state index contributed by atoms with van der Waals surface area (Å²) in [4.78, 5) is 17.2. The standard InChI is InChI=1S/C20H22N2O3S/c1-3-22-19(24)17-9-4-5-10-18(17)21-20(22)26-13-15(23)12-25-16-8-6-7-14(2)11-16/h4-11,15,23H,3,12-13H2,1-2H3/t15-/m1/s1. The number of nitrogens with zero attached hydrogens (tertiary/aromatic N) is 2. The number of rotatable bonds is 7. The molecule has 136 valence electrons. The molecule has 0 amide bonds. The van der Waals surface area contributed by atoms with E-state index in [-0.39, 0.29) is 12.2 Å². The smallest absolute Gasteiger partial charge is 0.262 e. The van der Waals surface area contributed by atoms with Crippen molar-refractivity contribution in [2.75, 3.05) is 12.4 Å². The van der Waals surface area contributed by atoms with Crippen LogP contribution in [0.4, 0.5) is 0 Å². The van der Waals surface area contributed by atoms with Crippen LogP contribution in [0.15, 0.2) is 58.5 Å². The molecule has 1 atom stereocenters. The molecule has 0 aliphatic heterocycles. The van der Waals surface area contributed by atoms with Crippen molar-refractivity contribution in [1.29, 1.82) is 0 Å². The lowest BCUT2D eigenvalue weighted by molar-refractivity contribution is 0.126. The minimum Gasteiger partial charge on any atom is -0.491 e. The fraction of sp³-hybridized carbons (Fsp3) is 0.300. The molecule has 0 aliphatic carbocycles. The molecule has 0 spiro atoms. The normalized spacial score (nSPS) is 12.3. The maximum absolute atomic E-state index is 12.6. The first-order valence-corrected chi connectivity index (χ1v) is 9.57. The van der Waals surface area contributed by atoms with E-state index in [0.29, 0.717) is 28.4 Å². The van der Waals surface area contributed by atoms with Crippen molar-refractivity contribution < 1.29 is 9.84 Å². The Hall–Kier alpha value is -2.31. The molecule has 6 heteroatoms. The van der Waals surface area contributed by atoms with Crippen LogP contribution in [0.5, 0.6) is 5.75 Å². The lowest BCUT2D eigenvalue weighted by Crippen LogP contribution is -2.24. The number of thioether (sulfide) groups is 1. The Morgan fingerprint density at radius 3 is 2.81 bits per heavy atom. The topological polar surface area (TPSA) is 64.3 Å². The first-order valence-electron chi connectivity index (χ1n) is 8.58. The van der Waals surface area contributed by atoms with E-state index in [0.717, 1.165) is 11.3 Å². The molecular formula is C20H22N2O3S. The summed E-state index contributed by atoms with van der Waals surface area (Å²) in [5.74, 6) is 1.14. The second kappa shape index (κ2) is 8.38. The molecule has 1 aromatic heterocycles. The van der Waals surface area contributed by atoms with Crippen molar-refractivity contribution >= 4 is 22.7 Å². The fourth-order valence-corrected chi connectivity index (χ4v) is 3.62. The Morgan fingerprint density at radius 1 is 1.23 bits per heavy atom. The van der Waals surface area contributed by atoms with Crippen LogP contribution in [-0.2, 0) is 6.54 Å². The van der Waals surface area contributed by atoms with E-state index in [1.807, 2.05) is 56.3 Å². The maximum Gasteiger partial charge on any atom is 0.262 e. The lowest BCUT2D eigenvalue weighted by Gasteiger charge is -2.14. The highest BCUT2D eigenvalue weighted by molar-refractivity contribution is 7.99. The molecule has 26 heavy (non-hydrogen) atoms. The number of ether oxygens (including phenoxy) is 1. The van der Waals surface area contributed by atoms with Gasteiger partial charge in [0.2, 0.25) is 0 Å². The Morgan fingerprint density at radius 2 is 2.04 bits per heavy atom. The number of aromatic nitrogens is 2. The molecule has 3 rings (SSSR count). The van der Waals surface area contributed by atoms with Crippen LogP contribution in [-0.4, -0.2) is 33.1 Å². The van der Waals surface area contributed by atoms with Gasteiger partial charge in [-0.25, -0.2) is 4.98 Å². The molecule has 0 saturated heterocycles. The zero-order valence-electron chi connectivity index (χ0n) is 14.9. The highest BCUT2D eigenvalue weighted by Gasteiger charge is 2.13. The SMILES string of the molecule is CCn1c(SC[C@H](O)COc2cccc(C)c2)nc2ccccc2c1=O. The van der Waals surface area contributed by atoms with Gasteiger partial charge in [-0.05, 0) is 43.7 Å². The largest absolute Gasteiger partial charge is 0.491 e. The Kier molecular flexibility index (Phi) is 5.96. The summed E-state index contributed by atoms with van der Waals surface area (Å²) in [6, 6.07) is 15.0. The van der Waals surface area contributed by atoms with Crippen LogP contribution in [0.3, 0.4) is 0 Å². The molecular weight excluding hydrogens is 348 g/mol. The van der Waals surface area contributed by atoms with Crippen LogP contribution in [0, 0.1) is 6.92 Å². The van der Waals surface area contributed by atoms with E-state index in [9.17, 15) is 9.90 Å². The van der Waals surface area contributed by atoms with Crippen molar-refractivity contribution in [2.45, 2.75) is 31.7 Å². The summed E-state index contributed by atoms with van der Waals surface area (Å²) < 4.78 is 7.28. The second-order valence-corrected chi connectivity index (χ2v) is 7.04. The number of benzene rings is 2. The zero-order chi connectivity index (χ0) is 18.5. The van der Waals surface area contributed by atoms with Crippen LogP contribution in [0.1, 0.15) is 12.5 Å². The van der Waals surface area contributed by atoms with Gasteiger partial charge in [0.05, 0.1) is 17.0 Å². The van der Waals surface area contributed by atoms with Gasteiger partial charge < -0.3 is 9.84 Å². The summed E-state index contributed by atoms with van der Waals surface area (Å²) in [6.07, 6.45) is -0.658.